The average Bonchev–Trinajstić information content (AvgIpc) is 2.35. The van der Waals surface area contributed by atoms with Crippen molar-refractivity contribution in [1.29, 1.82) is 0 Å². The van der Waals surface area contributed by atoms with Crippen LogP contribution in [-0.2, 0) is 4.79 Å². The lowest BCUT2D eigenvalue weighted by molar-refractivity contribution is -0.105. The highest BCUT2D eigenvalue weighted by atomic mass is 16.3. The number of carbonyl (C=O) groups excluding carboxylic acids is 1. The van der Waals surface area contributed by atoms with Gasteiger partial charge in [-0.3, -0.25) is 4.79 Å². The maximum Gasteiger partial charge on any atom is 0.142 e. The Morgan fingerprint density at radius 1 is 1.36 bits per heavy atom. The Balaban J connectivity index is 2.24. The van der Waals surface area contributed by atoms with Gasteiger partial charge in [0.25, 0.3) is 0 Å². The van der Waals surface area contributed by atoms with Gasteiger partial charge in [0.1, 0.15) is 6.29 Å². The molecule has 22 heavy (non-hydrogen) atoms. The van der Waals surface area contributed by atoms with Gasteiger partial charge in [-0.15, -0.1) is 0 Å². The third kappa shape index (κ3) is 3.22. The highest BCUT2D eigenvalue weighted by molar-refractivity contribution is 5.65. The fourth-order valence-electron chi connectivity index (χ4n) is 5.55. The second-order valence-electron chi connectivity index (χ2n) is 8.55. The van der Waals surface area contributed by atoms with E-state index in [-0.39, 0.29) is 16.9 Å². The zero-order chi connectivity index (χ0) is 16.5. The number of aliphatic hydroxyl groups excluding tert-OH is 1. The number of aliphatic hydroxyl groups is 1. The minimum Gasteiger partial charge on any atom is -0.393 e. The van der Waals surface area contributed by atoms with Crippen LogP contribution in [-0.4, -0.2) is 17.5 Å². The average molecular weight is 304 g/mol. The molecule has 2 nitrogen and oxygen atoms in total. The van der Waals surface area contributed by atoms with Crippen molar-refractivity contribution in [3.63, 3.8) is 0 Å². The zero-order valence-corrected chi connectivity index (χ0v) is 14.7. The molecule has 2 fully saturated rings. The van der Waals surface area contributed by atoms with Gasteiger partial charge in [0, 0.05) is 0 Å². The Labute approximate surface area is 135 Å². The zero-order valence-electron chi connectivity index (χ0n) is 14.7. The van der Waals surface area contributed by atoms with E-state index in [1.54, 1.807) is 6.08 Å². The third-order valence-electron chi connectivity index (χ3n) is 6.40. The predicted molar refractivity (Wildman–Crippen MR) is 91.5 cm³/mol. The Hall–Kier alpha value is -0.890. The van der Waals surface area contributed by atoms with E-state index in [0.29, 0.717) is 11.8 Å². The Kier molecular flexibility index (Phi) is 5.01. The number of carbonyl (C=O) groups is 1. The summed E-state index contributed by atoms with van der Waals surface area (Å²) in [5.74, 6) is 1.10. The summed E-state index contributed by atoms with van der Waals surface area (Å²) in [6.07, 6.45) is 8.46. The Bertz CT molecular complexity index is 474. The van der Waals surface area contributed by atoms with Gasteiger partial charge < -0.3 is 5.11 Å². The summed E-state index contributed by atoms with van der Waals surface area (Å²) in [6, 6.07) is 0. The van der Waals surface area contributed by atoms with Crippen LogP contribution < -0.4 is 0 Å². The van der Waals surface area contributed by atoms with Crippen LogP contribution in [0.2, 0.25) is 0 Å². The van der Waals surface area contributed by atoms with E-state index < -0.39 is 0 Å². The van der Waals surface area contributed by atoms with Gasteiger partial charge in [0.05, 0.1) is 6.10 Å². The van der Waals surface area contributed by atoms with Crippen molar-refractivity contribution < 1.29 is 9.90 Å². The Morgan fingerprint density at radius 2 is 2.05 bits per heavy atom. The van der Waals surface area contributed by atoms with Crippen LogP contribution in [0.5, 0.6) is 0 Å². The molecule has 0 saturated heterocycles. The molecule has 2 saturated carbocycles. The number of aldehydes is 1. The highest BCUT2D eigenvalue weighted by Gasteiger charge is 2.54. The van der Waals surface area contributed by atoms with Gasteiger partial charge in [0.2, 0.25) is 0 Å². The molecule has 0 heterocycles. The summed E-state index contributed by atoms with van der Waals surface area (Å²) in [5.41, 5.74) is 2.82. The minimum absolute atomic E-state index is 0.137. The Morgan fingerprint density at radius 3 is 2.68 bits per heavy atom. The third-order valence-corrected chi connectivity index (χ3v) is 6.40. The lowest BCUT2D eigenvalue weighted by Crippen LogP contribution is -2.53. The summed E-state index contributed by atoms with van der Waals surface area (Å²) in [5, 5.41) is 10.4. The first-order chi connectivity index (χ1) is 10.2. The number of rotatable bonds is 4. The first-order valence-electron chi connectivity index (χ1n) is 8.67. The maximum atomic E-state index is 10.6. The van der Waals surface area contributed by atoms with Crippen molar-refractivity contribution in [2.45, 2.75) is 72.3 Å². The molecule has 0 aromatic rings. The molecule has 0 bridgehead atoms. The standard InChI is InChI=1S/C20H32O2/c1-14(10-11-21)6-8-17-15(2)7-9-18-19(3,4)12-16(22)13-20(17,18)5/h10-11,16-18,22H,2,6-9,12-13H2,1,3-5H3/b14-10-/t16-,17-,18-,20+/m1/s1. The van der Waals surface area contributed by atoms with E-state index in [4.69, 9.17) is 0 Å². The fourth-order valence-corrected chi connectivity index (χ4v) is 5.55. The van der Waals surface area contributed by atoms with Crippen LogP contribution in [0.4, 0.5) is 0 Å². The van der Waals surface area contributed by atoms with Crippen LogP contribution in [0.15, 0.2) is 23.8 Å². The minimum atomic E-state index is -0.198. The molecule has 0 unspecified atom stereocenters. The fraction of sp³-hybridized carbons (Fsp3) is 0.750. The predicted octanol–water partition coefficient (Wildman–Crippen LogP) is 4.68. The van der Waals surface area contributed by atoms with Gasteiger partial charge in [-0.25, -0.2) is 0 Å². The molecule has 0 aromatic heterocycles. The van der Waals surface area contributed by atoms with Gasteiger partial charge in [-0.1, -0.05) is 38.5 Å². The molecule has 0 spiro atoms. The highest BCUT2D eigenvalue weighted by Crippen LogP contribution is 2.61. The SMILES string of the molecule is C=C1CC[C@@H]2C(C)(C)C[C@@H](O)C[C@@]2(C)[C@@H]1CC/C(C)=C\C=O. The summed E-state index contributed by atoms with van der Waals surface area (Å²) >= 11 is 0. The quantitative estimate of drug-likeness (QED) is 0.465. The number of hydrogen-bond donors (Lipinski definition) is 1. The van der Waals surface area contributed by atoms with Gasteiger partial charge in [0.15, 0.2) is 0 Å². The number of fused-ring (bicyclic) bond motifs is 1. The monoisotopic (exact) mass is 304 g/mol. The van der Waals surface area contributed by atoms with E-state index in [1.165, 1.54) is 12.0 Å². The van der Waals surface area contributed by atoms with Crippen LogP contribution in [0.1, 0.15) is 66.2 Å². The largest absolute Gasteiger partial charge is 0.393 e. The van der Waals surface area contributed by atoms with Crippen molar-refractivity contribution in [2.24, 2.45) is 22.7 Å². The molecular formula is C20H32O2. The van der Waals surface area contributed by atoms with E-state index in [0.717, 1.165) is 44.0 Å². The molecule has 0 radical (unpaired) electrons. The molecule has 1 N–H and O–H groups in total. The van der Waals surface area contributed by atoms with Gasteiger partial charge in [-0.05, 0) is 74.2 Å². The first-order valence-corrected chi connectivity index (χ1v) is 8.67. The lowest BCUT2D eigenvalue weighted by Gasteiger charge is -2.59. The van der Waals surface area contributed by atoms with Crippen molar-refractivity contribution in [3.8, 4) is 0 Å². The van der Waals surface area contributed by atoms with Gasteiger partial charge in [-0.2, -0.15) is 0 Å². The smallest absolute Gasteiger partial charge is 0.142 e. The molecule has 0 aromatic carbocycles. The van der Waals surface area contributed by atoms with Crippen molar-refractivity contribution >= 4 is 6.29 Å². The van der Waals surface area contributed by atoms with E-state index in [9.17, 15) is 9.90 Å². The number of allylic oxidation sites excluding steroid dienone is 3. The van der Waals surface area contributed by atoms with Crippen LogP contribution >= 0.6 is 0 Å². The molecule has 2 heteroatoms. The second kappa shape index (κ2) is 6.31. The molecule has 4 atom stereocenters. The molecule has 2 aliphatic carbocycles. The van der Waals surface area contributed by atoms with Gasteiger partial charge >= 0.3 is 0 Å². The summed E-state index contributed by atoms with van der Waals surface area (Å²) in [4.78, 5) is 10.6. The molecule has 124 valence electrons. The maximum absolute atomic E-state index is 10.6. The topological polar surface area (TPSA) is 37.3 Å². The van der Waals surface area contributed by atoms with E-state index in [1.807, 2.05) is 6.92 Å². The molecule has 2 rings (SSSR count). The summed E-state index contributed by atoms with van der Waals surface area (Å²) in [6.45, 7) is 13.4. The molecule has 0 aliphatic heterocycles. The van der Waals surface area contributed by atoms with E-state index in [2.05, 4.69) is 27.4 Å². The summed E-state index contributed by atoms with van der Waals surface area (Å²) < 4.78 is 0. The first kappa shape index (κ1) is 17.5. The molecule has 2 aliphatic rings. The number of hydrogen-bond acceptors (Lipinski definition) is 2. The lowest BCUT2D eigenvalue weighted by atomic mass is 9.46. The molecular weight excluding hydrogens is 272 g/mol. The summed E-state index contributed by atoms with van der Waals surface area (Å²) in [7, 11) is 0. The van der Waals surface area contributed by atoms with Crippen molar-refractivity contribution in [1.82, 2.24) is 0 Å². The van der Waals surface area contributed by atoms with Crippen LogP contribution in [0, 0.1) is 22.7 Å². The van der Waals surface area contributed by atoms with Crippen molar-refractivity contribution in [2.75, 3.05) is 0 Å². The van der Waals surface area contributed by atoms with E-state index >= 15 is 0 Å². The van der Waals surface area contributed by atoms with Crippen molar-refractivity contribution in [3.05, 3.63) is 23.8 Å². The van der Waals surface area contributed by atoms with Crippen LogP contribution in [0.25, 0.3) is 0 Å². The molecule has 0 amide bonds. The second-order valence-corrected chi connectivity index (χ2v) is 8.55. The normalized spacial score (nSPS) is 38.5. The van der Waals surface area contributed by atoms with Crippen LogP contribution in [0.3, 0.4) is 0 Å².